The van der Waals surface area contributed by atoms with Gasteiger partial charge in [0.1, 0.15) is 0 Å². The van der Waals surface area contributed by atoms with Crippen LogP contribution >= 0.6 is 0 Å². The molecule has 4 aliphatic heterocycles. The molecule has 0 amide bonds. The highest BCUT2D eigenvalue weighted by Crippen LogP contribution is 2.35. The van der Waals surface area contributed by atoms with Crippen LogP contribution in [0.4, 0.5) is 0 Å². The van der Waals surface area contributed by atoms with Gasteiger partial charge >= 0.3 is 0 Å². The normalized spacial score (nSPS) is 40.4. The Bertz CT molecular complexity index is 238. The molecule has 0 aromatic carbocycles. The van der Waals surface area contributed by atoms with Crippen molar-refractivity contribution < 1.29 is 0 Å². The maximum Gasteiger partial charge on any atom is 0.00963 e. The van der Waals surface area contributed by atoms with Crippen molar-refractivity contribution in [1.29, 1.82) is 0 Å². The van der Waals surface area contributed by atoms with E-state index in [0.717, 1.165) is 24.0 Å². The van der Waals surface area contributed by atoms with Crippen molar-refractivity contribution in [3.63, 3.8) is 0 Å². The lowest BCUT2D eigenvalue weighted by molar-refractivity contribution is 0.0727. The molecule has 5 fully saturated rings. The first-order valence-corrected chi connectivity index (χ1v) is 8.66. The minimum absolute atomic E-state index is 0.954. The van der Waals surface area contributed by atoms with E-state index in [9.17, 15) is 0 Å². The Morgan fingerprint density at radius 3 is 1.21 bits per heavy atom. The molecule has 0 radical (unpaired) electrons. The maximum absolute atomic E-state index is 2.56. The molecule has 4 heterocycles. The lowest BCUT2D eigenvalue weighted by Crippen LogP contribution is -2.45. The molecular formula is C17H34N2. The minimum Gasteiger partial charge on any atom is -0.303 e. The van der Waals surface area contributed by atoms with E-state index in [1.54, 1.807) is 0 Å². The summed E-state index contributed by atoms with van der Waals surface area (Å²) in [5.41, 5.74) is 0. The van der Waals surface area contributed by atoms with Crippen molar-refractivity contribution in [3.8, 4) is 0 Å². The number of rotatable bonds is 0. The molecular weight excluding hydrogens is 232 g/mol. The Kier molecular flexibility index (Phi) is 5.70. The van der Waals surface area contributed by atoms with Crippen LogP contribution in [0.15, 0.2) is 0 Å². The average molecular weight is 266 g/mol. The Balaban J connectivity index is 0.000000125. The first kappa shape index (κ1) is 15.3. The first-order valence-electron chi connectivity index (χ1n) is 8.66. The number of hydrogen-bond acceptors (Lipinski definition) is 2. The topological polar surface area (TPSA) is 6.48 Å². The van der Waals surface area contributed by atoms with Gasteiger partial charge in [0.05, 0.1) is 0 Å². The zero-order valence-corrected chi connectivity index (χ0v) is 13.6. The molecule has 5 aliphatic rings. The molecule has 2 nitrogen and oxygen atoms in total. The predicted octanol–water partition coefficient (Wildman–Crippen LogP) is 3.76. The maximum atomic E-state index is 2.56. The van der Waals surface area contributed by atoms with Crippen LogP contribution in [-0.4, -0.2) is 48.6 Å². The van der Waals surface area contributed by atoms with Gasteiger partial charge in [-0.05, 0) is 71.4 Å². The number of fused-ring (bicyclic) bond motifs is 5. The highest BCUT2D eigenvalue weighted by atomic mass is 15.2. The Morgan fingerprint density at radius 1 is 0.632 bits per heavy atom. The third-order valence-electron chi connectivity index (χ3n) is 5.80. The Labute approximate surface area is 120 Å². The molecule has 0 N–H and O–H groups in total. The smallest absolute Gasteiger partial charge is 0.00963 e. The second-order valence-electron chi connectivity index (χ2n) is 6.74. The lowest BCUT2D eigenvalue weighted by Gasteiger charge is -2.43. The second kappa shape index (κ2) is 7.08. The fourth-order valence-corrected chi connectivity index (χ4v) is 4.50. The quantitative estimate of drug-likeness (QED) is 0.659. The van der Waals surface area contributed by atoms with Gasteiger partial charge in [0.25, 0.3) is 0 Å². The Hall–Kier alpha value is -0.0800. The summed E-state index contributed by atoms with van der Waals surface area (Å²) in [4.78, 5) is 5.09. The summed E-state index contributed by atoms with van der Waals surface area (Å²) < 4.78 is 0. The van der Waals surface area contributed by atoms with Gasteiger partial charge in [0.2, 0.25) is 0 Å². The fraction of sp³-hybridized carbons (Fsp3) is 1.00. The molecule has 2 heteroatoms. The first-order chi connectivity index (χ1) is 9.24. The largest absolute Gasteiger partial charge is 0.303 e. The summed E-state index contributed by atoms with van der Waals surface area (Å²) in [5.74, 6) is 1.06. The van der Waals surface area contributed by atoms with E-state index < -0.39 is 0 Å². The minimum atomic E-state index is 0.954. The van der Waals surface area contributed by atoms with E-state index in [-0.39, 0.29) is 0 Å². The summed E-state index contributed by atoms with van der Waals surface area (Å²) in [6, 6.07) is 2.90. The van der Waals surface area contributed by atoms with Crippen molar-refractivity contribution in [2.24, 2.45) is 5.92 Å². The molecule has 19 heavy (non-hydrogen) atoms. The molecule has 0 aromatic rings. The number of piperidine rings is 2. The van der Waals surface area contributed by atoms with Gasteiger partial charge in [-0.1, -0.05) is 13.8 Å². The van der Waals surface area contributed by atoms with Crippen LogP contribution < -0.4 is 0 Å². The molecule has 0 spiro atoms. The van der Waals surface area contributed by atoms with Crippen molar-refractivity contribution in [2.75, 3.05) is 20.6 Å². The van der Waals surface area contributed by atoms with E-state index in [2.05, 4.69) is 23.9 Å². The van der Waals surface area contributed by atoms with Gasteiger partial charge in [0.15, 0.2) is 0 Å². The zero-order chi connectivity index (χ0) is 13.8. The molecule has 1 saturated carbocycles. The molecule has 0 atom stereocenters. The summed E-state index contributed by atoms with van der Waals surface area (Å²) in [5, 5.41) is 0. The predicted molar refractivity (Wildman–Crippen MR) is 83.5 cm³/mol. The fourth-order valence-electron chi connectivity index (χ4n) is 4.50. The van der Waals surface area contributed by atoms with Crippen LogP contribution in [0.25, 0.3) is 0 Å². The summed E-state index contributed by atoms with van der Waals surface area (Å²) in [7, 11) is 4.55. The van der Waals surface area contributed by atoms with Crippen LogP contribution in [0, 0.1) is 5.92 Å². The molecule has 5 rings (SSSR count). The van der Waals surface area contributed by atoms with Crippen LogP contribution in [0.5, 0.6) is 0 Å². The van der Waals surface area contributed by atoms with Crippen LogP contribution in [0.3, 0.4) is 0 Å². The van der Waals surface area contributed by atoms with Crippen LogP contribution in [-0.2, 0) is 0 Å². The van der Waals surface area contributed by atoms with Gasteiger partial charge < -0.3 is 9.80 Å². The third-order valence-corrected chi connectivity index (χ3v) is 5.80. The molecule has 4 saturated heterocycles. The van der Waals surface area contributed by atoms with Crippen LogP contribution in [0.1, 0.15) is 65.2 Å². The molecule has 112 valence electrons. The van der Waals surface area contributed by atoms with Crippen molar-refractivity contribution in [2.45, 2.75) is 83.3 Å². The zero-order valence-electron chi connectivity index (χ0n) is 13.6. The van der Waals surface area contributed by atoms with Gasteiger partial charge in [-0.25, -0.2) is 0 Å². The summed E-state index contributed by atoms with van der Waals surface area (Å²) in [6.45, 7) is 5.38. The van der Waals surface area contributed by atoms with Crippen LogP contribution in [0.2, 0.25) is 0 Å². The lowest BCUT2D eigenvalue weighted by atomic mass is 9.80. The van der Waals surface area contributed by atoms with Gasteiger partial charge in [-0.15, -0.1) is 0 Å². The van der Waals surface area contributed by atoms with Crippen molar-refractivity contribution in [1.82, 2.24) is 9.80 Å². The van der Waals surface area contributed by atoms with Crippen molar-refractivity contribution >= 4 is 0 Å². The highest BCUT2D eigenvalue weighted by molar-refractivity contribution is 4.92. The molecule has 1 aliphatic carbocycles. The van der Waals surface area contributed by atoms with Crippen molar-refractivity contribution in [3.05, 3.63) is 0 Å². The van der Waals surface area contributed by atoms with E-state index >= 15 is 0 Å². The molecule has 0 aromatic heterocycles. The van der Waals surface area contributed by atoms with Gasteiger partial charge in [-0.3, -0.25) is 0 Å². The Morgan fingerprint density at radius 2 is 1.05 bits per heavy atom. The molecule has 4 bridgehead atoms. The average Bonchev–Trinajstić information content (AvgIpc) is 3.01. The second-order valence-corrected chi connectivity index (χ2v) is 6.74. The van der Waals surface area contributed by atoms with E-state index in [1.165, 1.54) is 57.9 Å². The summed E-state index contributed by atoms with van der Waals surface area (Å²) in [6.07, 6.45) is 11.9. The highest BCUT2D eigenvalue weighted by Gasteiger charge is 2.36. The van der Waals surface area contributed by atoms with E-state index in [1.807, 2.05) is 13.8 Å². The van der Waals surface area contributed by atoms with E-state index in [0.29, 0.717) is 0 Å². The number of nitrogens with zero attached hydrogens (tertiary/aromatic N) is 2. The number of hydrogen-bond donors (Lipinski definition) is 0. The van der Waals surface area contributed by atoms with E-state index in [4.69, 9.17) is 0 Å². The summed E-state index contributed by atoms with van der Waals surface area (Å²) >= 11 is 0. The monoisotopic (exact) mass is 266 g/mol. The third kappa shape index (κ3) is 3.52. The standard InChI is InChI=1S/C8H15N.C7H13N.C2H6/c1-9-6-7-2-4-8(9)5-3-7;1-8-6-2-3-7(8)5-4-6;1-2/h7-8H,2-6H2,1H3;6-7H,2-5H2,1H3;1-2H3. The van der Waals surface area contributed by atoms with Gasteiger partial charge in [-0.2, -0.15) is 0 Å². The SMILES string of the molecule is CC.CN1C2CCC1CC2.CN1CC2CCC1CC2. The van der Waals surface area contributed by atoms with Gasteiger partial charge in [0, 0.05) is 24.7 Å². The molecule has 0 unspecified atom stereocenters.